The molecule has 0 aliphatic heterocycles. The quantitative estimate of drug-likeness (QED) is 0.775. The van der Waals surface area contributed by atoms with Gasteiger partial charge in [0.15, 0.2) is 11.6 Å². The summed E-state index contributed by atoms with van der Waals surface area (Å²) in [6.45, 7) is 2.03. The average molecular weight is 276 g/mol. The van der Waals surface area contributed by atoms with Gasteiger partial charge in [0, 0.05) is 18.0 Å². The highest BCUT2D eigenvalue weighted by Crippen LogP contribution is 2.13. The lowest BCUT2D eigenvalue weighted by Crippen LogP contribution is -2.22. The highest BCUT2D eigenvalue weighted by atomic mass is 19.2. The third kappa shape index (κ3) is 2.07. The first-order chi connectivity index (χ1) is 9.54. The van der Waals surface area contributed by atoms with Gasteiger partial charge in [-0.15, -0.1) is 0 Å². The minimum absolute atomic E-state index is 0.0367. The van der Waals surface area contributed by atoms with Crippen LogP contribution in [0.25, 0.3) is 10.9 Å². The van der Waals surface area contributed by atoms with Crippen molar-refractivity contribution < 1.29 is 8.78 Å². The Kier molecular flexibility index (Phi) is 2.81. The van der Waals surface area contributed by atoms with Crippen LogP contribution in [0.5, 0.6) is 0 Å². The molecule has 102 valence electrons. The summed E-state index contributed by atoms with van der Waals surface area (Å²) in [5.74, 6) is -1.50. The molecule has 5 nitrogen and oxygen atoms in total. The van der Waals surface area contributed by atoms with Crippen molar-refractivity contribution in [1.29, 1.82) is 0 Å². The zero-order valence-corrected chi connectivity index (χ0v) is 10.5. The molecule has 0 amide bonds. The Balaban J connectivity index is 2.11. The van der Waals surface area contributed by atoms with E-state index in [4.69, 9.17) is 0 Å². The summed E-state index contributed by atoms with van der Waals surface area (Å²) >= 11 is 0. The van der Waals surface area contributed by atoms with Gasteiger partial charge in [0.2, 0.25) is 0 Å². The van der Waals surface area contributed by atoms with Crippen molar-refractivity contribution in [3.05, 3.63) is 58.2 Å². The number of aryl methyl sites for hydroxylation is 1. The first-order valence-electron chi connectivity index (χ1n) is 5.89. The predicted octanol–water partition coefficient (Wildman–Crippen LogP) is 1.75. The fourth-order valence-corrected chi connectivity index (χ4v) is 1.97. The zero-order chi connectivity index (χ0) is 14.3. The molecule has 0 bridgehead atoms. The van der Waals surface area contributed by atoms with E-state index >= 15 is 0 Å². The zero-order valence-electron chi connectivity index (χ0n) is 10.5. The number of hydrogen-bond donors (Lipinski definition) is 1. The monoisotopic (exact) mass is 276 g/mol. The Labute approximate surface area is 111 Å². The molecule has 3 aromatic rings. The SMILES string of the molecule is Cc1cnc(Cn2cnc3cc(F)c(F)cc3c2=O)[nH]1. The van der Waals surface area contributed by atoms with Gasteiger partial charge in [-0.2, -0.15) is 0 Å². The normalized spacial score (nSPS) is 11.2. The van der Waals surface area contributed by atoms with Gasteiger partial charge in [-0.1, -0.05) is 0 Å². The van der Waals surface area contributed by atoms with Gasteiger partial charge in [0.05, 0.1) is 23.8 Å². The molecular weight excluding hydrogens is 266 g/mol. The van der Waals surface area contributed by atoms with E-state index in [0.29, 0.717) is 5.82 Å². The van der Waals surface area contributed by atoms with E-state index < -0.39 is 17.2 Å². The topological polar surface area (TPSA) is 63.6 Å². The van der Waals surface area contributed by atoms with Crippen LogP contribution in [0.15, 0.2) is 29.5 Å². The van der Waals surface area contributed by atoms with E-state index in [0.717, 1.165) is 17.8 Å². The standard InChI is InChI=1S/C13H10F2N4O/c1-7-4-16-12(18-7)5-19-6-17-11-3-10(15)9(14)2-8(11)13(19)20/h2-4,6H,5H2,1H3,(H,16,18). The molecule has 2 heterocycles. The van der Waals surface area contributed by atoms with E-state index in [1.165, 1.54) is 10.9 Å². The molecule has 3 rings (SSSR count). The Hall–Kier alpha value is -2.57. The van der Waals surface area contributed by atoms with Gasteiger partial charge >= 0.3 is 0 Å². The number of H-pyrrole nitrogens is 1. The molecule has 1 aromatic carbocycles. The van der Waals surface area contributed by atoms with Gasteiger partial charge < -0.3 is 4.98 Å². The fraction of sp³-hybridized carbons (Fsp3) is 0.154. The van der Waals surface area contributed by atoms with Crippen molar-refractivity contribution >= 4 is 10.9 Å². The van der Waals surface area contributed by atoms with Gasteiger partial charge in [-0.25, -0.2) is 18.7 Å². The number of aromatic nitrogens is 4. The Morgan fingerprint density at radius 3 is 2.70 bits per heavy atom. The van der Waals surface area contributed by atoms with Crippen molar-refractivity contribution in [2.75, 3.05) is 0 Å². The maximum absolute atomic E-state index is 13.2. The van der Waals surface area contributed by atoms with Crippen LogP contribution in [-0.2, 0) is 6.54 Å². The van der Waals surface area contributed by atoms with Crippen LogP contribution in [0.4, 0.5) is 8.78 Å². The van der Waals surface area contributed by atoms with E-state index in [2.05, 4.69) is 15.0 Å². The second kappa shape index (κ2) is 4.52. The number of nitrogens with one attached hydrogen (secondary N) is 1. The highest BCUT2D eigenvalue weighted by Gasteiger charge is 2.10. The van der Waals surface area contributed by atoms with E-state index in [1.807, 2.05) is 6.92 Å². The van der Waals surface area contributed by atoms with Gasteiger partial charge in [0.25, 0.3) is 5.56 Å². The van der Waals surface area contributed by atoms with Crippen molar-refractivity contribution in [2.24, 2.45) is 0 Å². The van der Waals surface area contributed by atoms with Crippen LogP contribution in [0, 0.1) is 18.6 Å². The molecule has 0 atom stereocenters. The van der Waals surface area contributed by atoms with Crippen molar-refractivity contribution in [3.63, 3.8) is 0 Å². The lowest BCUT2D eigenvalue weighted by molar-refractivity contribution is 0.510. The smallest absolute Gasteiger partial charge is 0.261 e. The summed E-state index contributed by atoms with van der Waals surface area (Å²) in [5, 5.41) is 0.0367. The number of nitrogens with zero attached hydrogens (tertiary/aromatic N) is 3. The summed E-state index contributed by atoms with van der Waals surface area (Å²) in [7, 11) is 0. The average Bonchev–Trinajstić information content (AvgIpc) is 2.81. The molecular formula is C13H10F2N4O. The van der Waals surface area contributed by atoms with Crippen LogP contribution < -0.4 is 5.56 Å². The molecule has 0 saturated carbocycles. The summed E-state index contributed by atoms with van der Waals surface area (Å²) in [6.07, 6.45) is 2.93. The number of aromatic amines is 1. The summed E-state index contributed by atoms with van der Waals surface area (Å²) in [5.41, 5.74) is 0.554. The maximum Gasteiger partial charge on any atom is 0.261 e. The Morgan fingerprint density at radius 2 is 2.00 bits per heavy atom. The van der Waals surface area contributed by atoms with Crippen molar-refractivity contribution in [1.82, 2.24) is 19.5 Å². The number of rotatable bonds is 2. The molecule has 7 heteroatoms. The molecule has 20 heavy (non-hydrogen) atoms. The van der Waals surface area contributed by atoms with Crippen LogP contribution in [-0.4, -0.2) is 19.5 Å². The van der Waals surface area contributed by atoms with Gasteiger partial charge in [0.1, 0.15) is 5.82 Å². The lowest BCUT2D eigenvalue weighted by Gasteiger charge is -2.05. The molecule has 0 spiro atoms. The number of halogens is 2. The third-order valence-corrected chi connectivity index (χ3v) is 2.94. The molecule has 2 aromatic heterocycles. The van der Waals surface area contributed by atoms with E-state index in [1.54, 1.807) is 6.20 Å². The molecule has 0 fully saturated rings. The number of fused-ring (bicyclic) bond motifs is 1. The molecule has 0 aliphatic rings. The number of imidazole rings is 1. The fourth-order valence-electron chi connectivity index (χ4n) is 1.97. The van der Waals surface area contributed by atoms with Gasteiger partial charge in [-0.3, -0.25) is 9.36 Å². The van der Waals surface area contributed by atoms with E-state index in [9.17, 15) is 13.6 Å². The lowest BCUT2D eigenvalue weighted by atomic mass is 10.2. The van der Waals surface area contributed by atoms with Crippen molar-refractivity contribution in [2.45, 2.75) is 13.5 Å². The Morgan fingerprint density at radius 1 is 1.25 bits per heavy atom. The Bertz CT molecular complexity index is 853. The molecule has 0 radical (unpaired) electrons. The van der Waals surface area contributed by atoms with Crippen LogP contribution >= 0.6 is 0 Å². The predicted molar refractivity (Wildman–Crippen MR) is 68.3 cm³/mol. The second-order valence-corrected chi connectivity index (χ2v) is 4.47. The third-order valence-electron chi connectivity index (χ3n) is 2.94. The largest absolute Gasteiger partial charge is 0.345 e. The number of benzene rings is 1. The minimum atomic E-state index is -1.07. The first kappa shape index (κ1) is 12.5. The molecule has 0 aliphatic carbocycles. The molecule has 1 N–H and O–H groups in total. The first-order valence-corrected chi connectivity index (χ1v) is 5.89. The highest BCUT2D eigenvalue weighted by molar-refractivity contribution is 5.77. The van der Waals surface area contributed by atoms with Crippen molar-refractivity contribution in [3.8, 4) is 0 Å². The number of hydrogen-bond acceptors (Lipinski definition) is 3. The summed E-state index contributed by atoms with van der Waals surface area (Å²) < 4.78 is 27.6. The van der Waals surface area contributed by atoms with E-state index in [-0.39, 0.29) is 17.4 Å². The summed E-state index contributed by atoms with van der Waals surface area (Å²) in [6, 6.07) is 1.78. The van der Waals surface area contributed by atoms with Crippen LogP contribution in [0.1, 0.15) is 11.5 Å². The summed E-state index contributed by atoms with van der Waals surface area (Å²) in [4.78, 5) is 23.2. The molecule has 0 saturated heterocycles. The van der Waals surface area contributed by atoms with Crippen LogP contribution in [0.3, 0.4) is 0 Å². The second-order valence-electron chi connectivity index (χ2n) is 4.47. The maximum atomic E-state index is 13.2. The van der Waals surface area contributed by atoms with Gasteiger partial charge in [-0.05, 0) is 13.0 Å². The minimum Gasteiger partial charge on any atom is -0.345 e. The van der Waals surface area contributed by atoms with Crippen LogP contribution in [0.2, 0.25) is 0 Å². The molecule has 0 unspecified atom stereocenters.